The fraction of sp³-hybridized carbons (Fsp3) is 0.474. The Labute approximate surface area is 182 Å². The number of aliphatic imine (C=N–C) groups is 1. The minimum Gasteiger partial charge on any atom is -0.466 e. The number of H-pyrrole nitrogens is 1. The second-order valence-electron chi connectivity index (χ2n) is 6.47. The smallest absolute Gasteiger partial charge is 0.310 e. The lowest BCUT2D eigenvalue weighted by molar-refractivity contribution is -0.149. The van der Waals surface area contributed by atoms with Gasteiger partial charge in [-0.2, -0.15) is 5.10 Å². The van der Waals surface area contributed by atoms with E-state index in [2.05, 4.69) is 42.5 Å². The number of aromatic nitrogens is 3. The lowest BCUT2D eigenvalue weighted by atomic mass is 9.98. The molecule has 1 aromatic carbocycles. The molecular formula is C19H27IN6O2. The van der Waals surface area contributed by atoms with E-state index in [1.807, 2.05) is 19.1 Å². The van der Waals surface area contributed by atoms with Crippen molar-refractivity contribution in [2.75, 3.05) is 26.7 Å². The number of carbonyl (C=O) groups excluding carboxylic acids is 1. The zero-order chi connectivity index (χ0) is 19.1. The molecule has 0 radical (unpaired) electrons. The number of likely N-dealkylation sites (tertiary alicyclic amines) is 1. The number of nitrogens with zero attached hydrogens (tertiary/aromatic N) is 4. The molecule has 0 saturated carbocycles. The van der Waals surface area contributed by atoms with E-state index in [1.54, 1.807) is 7.05 Å². The molecule has 3 rings (SSSR count). The van der Waals surface area contributed by atoms with E-state index in [0.29, 0.717) is 19.7 Å². The molecule has 2 N–H and O–H groups in total. The molecular weight excluding hydrogens is 471 g/mol. The van der Waals surface area contributed by atoms with Crippen LogP contribution in [-0.4, -0.2) is 58.8 Å². The Hall–Kier alpha value is -2.17. The molecule has 0 amide bonds. The molecule has 1 atom stereocenters. The maximum atomic E-state index is 12.1. The van der Waals surface area contributed by atoms with E-state index in [0.717, 1.165) is 42.3 Å². The van der Waals surface area contributed by atoms with Crippen LogP contribution in [0.5, 0.6) is 0 Å². The number of hydrogen-bond acceptors (Lipinski definition) is 5. The van der Waals surface area contributed by atoms with Crippen LogP contribution in [0, 0.1) is 5.92 Å². The van der Waals surface area contributed by atoms with Crippen molar-refractivity contribution in [3.8, 4) is 11.4 Å². The Balaban J connectivity index is 0.00000280. The van der Waals surface area contributed by atoms with Crippen molar-refractivity contribution in [1.29, 1.82) is 0 Å². The third kappa shape index (κ3) is 5.66. The Morgan fingerprint density at radius 2 is 2.32 bits per heavy atom. The summed E-state index contributed by atoms with van der Waals surface area (Å²) in [5.41, 5.74) is 2.10. The summed E-state index contributed by atoms with van der Waals surface area (Å²) in [7, 11) is 1.77. The fourth-order valence-electron chi connectivity index (χ4n) is 3.31. The van der Waals surface area contributed by atoms with Gasteiger partial charge in [0.2, 0.25) is 0 Å². The standard InChI is InChI=1S/C19H26N6O2.HI/c1-3-27-18(26)16-8-5-9-25(12-16)19(20-2)21-11-14-6-4-7-15(10-14)17-22-13-23-24-17;/h4,6-7,10,13,16H,3,5,8-9,11-12H2,1-2H3,(H,20,21)(H,22,23,24);1H. The SMILES string of the molecule is CCOC(=O)C1CCCN(C(=NC)NCc2cccc(-c3ncn[nH]3)c2)C1.I. The molecule has 1 aromatic heterocycles. The van der Waals surface area contributed by atoms with Crippen LogP contribution in [0.25, 0.3) is 11.4 Å². The summed E-state index contributed by atoms with van der Waals surface area (Å²) in [6.07, 6.45) is 3.31. The number of hydrogen-bond donors (Lipinski definition) is 2. The van der Waals surface area contributed by atoms with E-state index in [-0.39, 0.29) is 35.9 Å². The van der Waals surface area contributed by atoms with Gasteiger partial charge in [-0.05, 0) is 31.4 Å². The molecule has 1 saturated heterocycles. The molecule has 2 aromatic rings. The van der Waals surface area contributed by atoms with Crippen molar-refractivity contribution >= 4 is 35.9 Å². The van der Waals surface area contributed by atoms with Gasteiger partial charge in [0.15, 0.2) is 11.8 Å². The monoisotopic (exact) mass is 498 g/mol. The number of nitrogens with one attached hydrogen (secondary N) is 2. The fourth-order valence-corrected chi connectivity index (χ4v) is 3.31. The summed E-state index contributed by atoms with van der Waals surface area (Å²) in [6, 6.07) is 8.11. The minimum absolute atomic E-state index is 0. The van der Waals surface area contributed by atoms with E-state index in [9.17, 15) is 4.79 Å². The first kappa shape index (κ1) is 22.1. The predicted molar refractivity (Wildman–Crippen MR) is 118 cm³/mol. The lowest BCUT2D eigenvalue weighted by Gasteiger charge is -2.34. The van der Waals surface area contributed by atoms with Crippen LogP contribution < -0.4 is 5.32 Å². The van der Waals surface area contributed by atoms with E-state index >= 15 is 0 Å². The van der Waals surface area contributed by atoms with Gasteiger partial charge in [-0.1, -0.05) is 18.2 Å². The van der Waals surface area contributed by atoms with Gasteiger partial charge in [-0.3, -0.25) is 14.9 Å². The molecule has 0 spiro atoms. The van der Waals surface area contributed by atoms with Crippen LogP contribution in [-0.2, 0) is 16.1 Å². The molecule has 1 unspecified atom stereocenters. The van der Waals surface area contributed by atoms with Crippen LogP contribution >= 0.6 is 24.0 Å². The lowest BCUT2D eigenvalue weighted by Crippen LogP contribution is -2.48. The summed E-state index contributed by atoms with van der Waals surface area (Å²) in [6.45, 7) is 4.41. The van der Waals surface area contributed by atoms with Gasteiger partial charge in [-0.25, -0.2) is 4.98 Å². The molecule has 2 heterocycles. The van der Waals surface area contributed by atoms with Gasteiger partial charge in [0.1, 0.15) is 6.33 Å². The number of ether oxygens (including phenoxy) is 1. The Kier molecular flexibility index (Phi) is 8.68. The molecule has 0 aliphatic carbocycles. The summed E-state index contributed by atoms with van der Waals surface area (Å²) >= 11 is 0. The molecule has 0 bridgehead atoms. The van der Waals surface area contributed by atoms with Gasteiger partial charge in [0.25, 0.3) is 0 Å². The number of esters is 1. The molecule has 1 aliphatic heterocycles. The number of carbonyl (C=O) groups is 1. The maximum absolute atomic E-state index is 12.1. The summed E-state index contributed by atoms with van der Waals surface area (Å²) in [5, 5.41) is 10.2. The van der Waals surface area contributed by atoms with Crippen LogP contribution in [0.2, 0.25) is 0 Å². The molecule has 1 fully saturated rings. The van der Waals surface area contributed by atoms with Crippen LogP contribution in [0.1, 0.15) is 25.3 Å². The Morgan fingerprint density at radius 1 is 1.46 bits per heavy atom. The highest BCUT2D eigenvalue weighted by Crippen LogP contribution is 2.19. The highest BCUT2D eigenvalue weighted by molar-refractivity contribution is 14.0. The first-order chi connectivity index (χ1) is 13.2. The first-order valence-corrected chi connectivity index (χ1v) is 9.28. The van der Waals surface area contributed by atoms with Gasteiger partial charge < -0.3 is 15.0 Å². The zero-order valence-electron chi connectivity index (χ0n) is 16.2. The van der Waals surface area contributed by atoms with Crippen LogP contribution in [0.3, 0.4) is 0 Å². The normalized spacial score (nSPS) is 17.0. The van der Waals surface area contributed by atoms with Crippen LogP contribution in [0.4, 0.5) is 0 Å². The number of aromatic amines is 1. The Morgan fingerprint density at radius 3 is 3.04 bits per heavy atom. The average Bonchev–Trinajstić information content (AvgIpc) is 3.24. The van der Waals surface area contributed by atoms with Crippen molar-refractivity contribution in [3.05, 3.63) is 36.2 Å². The van der Waals surface area contributed by atoms with Crippen molar-refractivity contribution in [2.24, 2.45) is 10.9 Å². The zero-order valence-corrected chi connectivity index (χ0v) is 18.6. The molecule has 152 valence electrons. The van der Waals surface area contributed by atoms with Gasteiger partial charge in [0, 0.05) is 32.2 Å². The van der Waals surface area contributed by atoms with Crippen molar-refractivity contribution in [3.63, 3.8) is 0 Å². The highest BCUT2D eigenvalue weighted by Gasteiger charge is 2.28. The maximum Gasteiger partial charge on any atom is 0.310 e. The average molecular weight is 498 g/mol. The first-order valence-electron chi connectivity index (χ1n) is 9.28. The van der Waals surface area contributed by atoms with E-state index in [4.69, 9.17) is 4.74 Å². The topological polar surface area (TPSA) is 95.5 Å². The summed E-state index contributed by atoms with van der Waals surface area (Å²) < 4.78 is 5.18. The Bertz CT molecular complexity index is 780. The second kappa shape index (κ2) is 11.0. The number of guanidine groups is 1. The number of benzene rings is 1. The largest absolute Gasteiger partial charge is 0.466 e. The number of piperidine rings is 1. The summed E-state index contributed by atoms with van der Waals surface area (Å²) in [4.78, 5) is 22.8. The predicted octanol–water partition coefficient (Wildman–Crippen LogP) is 2.44. The van der Waals surface area contributed by atoms with Crippen molar-refractivity contribution in [1.82, 2.24) is 25.4 Å². The van der Waals surface area contributed by atoms with Crippen LogP contribution in [0.15, 0.2) is 35.6 Å². The van der Waals surface area contributed by atoms with Crippen molar-refractivity contribution in [2.45, 2.75) is 26.3 Å². The molecule has 8 nitrogen and oxygen atoms in total. The second-order valence-corrected chi connectivity index (χ2v) is 6.47. The van der Waals surface area contributed by atoms with E-state index in [1.165, 1.54) is 6.33 Å². The molecule has 9 heteroatoms. The van der Waals surface area contributed by atoms with Gasteiger partial charge in [-0.15, -0.1) is 24.0 Å². The molecule has 28 heavy (non-hydrogen) atoms. The molecule has 1 aliphatic rings. The third-order valence-corrected chi connectivity index (χ3v) is 4.62. The highest BCUT2D eigenvalue weighted by atomic mass is 127. The van der Waals surface area contributed by atoms with Crippen molar-refractivity contribution < 1.29 is 9.53 Å². The number of rotatable bonds is 5. The van der Waals surface area contributed by atoms with Gasteiger partial charge in [0.05, 0.1) is 12.5 Å². The van der Waals surface area contributed by atoms with E-state index < -0.39 is 0 Å². The third-order valence-electron chi connectivity index (χ3n) is 4.62. The quantitative estimate of drug-likeness (QED) is 0.285. The minimum atomic E-state index is -0.114. The summed E-state index contributed by atoms with van der Waals surface area (Å²) in [5.74, 6) is 1.34. The van der Waals surface area contributed by atoms with Gasteiger partial charge >= 0.3 is 5.97 Å². The number of halogens is 1.